The zero-order valence-corrected chi connectivity index (χ0v) is 15.2. The molecule has 0 aliphatic heterocycles. The molecule has 0 saturated heterocycles. The van der Waals surface area contributed by atoms with Crippen LogP contribution >= 0.6 is 23.8 Å². The molecular formula is C18H16ClN3O3S. The fourth-order valence-corrected chi connectivity index (χ4v) is 2.12. The van der Waals surface area contributed by atoms with E-state index in [1.54, 1.807) is 54.6 Å². The summed E-state index contributed by atoms with van der Waals surface area (Å²) in [6.45, 7) is 3.94. The van der Waals surface area contributed by atoms with Gasteiger partial charge in [0.25, 0.3) is 11.8 Å². The summed E-state index contributed by atoms with van der Waals surface area (Å²) in [5.41, 5.74) is 5.66. The van der Waals surface area contributed by atoms with Crippen molar-refractivity contribution in [2.75, 3.05) is 6.61 Å². The number of carbonyl (C=O) groups excluding carboxylic acids is 2. The van der Waals surface area contributed by atoms with Crippen molar-refractivity contribution >= 4 is 40.7 Å². The van der Waals surface area contributed by atoms with Gasteiger partial charge in [0.1, 0.15) is 12.4 Å². The highest BCUT2D eigenvalue weighted by Gasteiger charge is 2.09. The third-order valence-corrected chi connectivity index (χ3v) is 3.56. The zero-order valence-electron chi connectivity index (χ0n) is 13.6. The van der Waals surface area contributed by atoms with E-state index >= 15 is 0 Å². The standard InChI is InChI=1S/C18H16ClN3O3S/c1-2-11-25-15-9-5-13(6-10-15)17(24)21-22-18(26)20-16(23)12-3-7-14(19)8-4-12/h2-10H,1,11H2,(H,21,24)(H2,20,22,23,26). The van der Waals surface area contributed by atoms with Crippen LogP contribution in [-0.2, 0) is 0 Å². The zero-order chi connectivity index (χ0) is 18.9. The Bertz CT molecular complexity index is 807. The van der Waals surface area contributed by atoms with Crippen molar-refractivity contribution in [3.63, 3.8) is 0 Å². The van der Waals surface area contributed by atoms with Gasteiger partial charge in [-0.1, -0.05) is 24.3 Å². The minimum absolute atomic E-state index is 0.0377. The number of hydrogen-bond donors (Lipinski definition) is 3. The minimum Gasteiger partial charge on any atom is -0.490 e. The van der Waals surface area contributed by atoms with Crippen LogP contribution in [0.3, 0.4) is 0 Å². The van der Waals surface area contributed by atoms with E-state index in [4.69, 9.17) is 28.6 Å². The molecule has 26 heavy (non-hydrogen) atoms. The van der Waals surface area contributed by atoms with Crippen molar-refractivity contribution in [2.24, 2.45) is 0 Å². The number of hydrazine groups is 1. The van der Waals surface area contributed by atoms with Crippen LogP contribution in [0.1, 0.15) is 20.7 Å². The van der Waals surface area contributed by atoms with Crippen molar-refractivity contribution < 1.29 is 14.3 Å². The average molecular weight is 390 g/mol. The van der Waals surface area contributed by atoms with Crippen LogP contribution in [0.4, 0.5) is 0 Å². The van der Waals surface area contributed by atoms with Gasteiger partial charge in [0.05, 0.1) is 0 Å². The van der Waals surface area contributed by atoms with E-state index < -0.39 is 11.8 Å². The fourth-order valence-electron chi connectivity index (χ4n) is 1.85. The molecule has 0 radical (unpaired) electrons. The fraction of sp³-hybridized carbons (Fsp3) is 0.0556. The Morgan fingerprint density at radius 3 is 2.19 bits per heavy atom. The predicted octanol–water partition coefficient (Wildman–Crippen LogP) is 2.85. The van der Waals surface area contributed by atoms with Crippen molar-refractivity contribution in [3.8, 4) is 5.75 Å². The third kappa shape index (κ3) is 5.87. The Kier molecular flexibility index (Phi) is 7.13. The van der Waals surface area contributed by atoms with E-state index in [1.807, 2.05) is 0 Å². The van der Waals surface area contributed by atoms with Gasteiger partial charge in [-0.2, -0.15) is 0 Å². The number of hydrogen-bond acceptors (Lipinski definition) is 4. The largest absolute Gasteiger partial charge is 0.490 e. The molecule has 0 aliphatic rings. The van der Waals surface area contributed by atoms with Crippen LogP contribution in [0.5, 0.6) is 5.75 Å². The van der Waals surface area contributed by atoms with E-state index in [0.29, 0.717) is 28.5 Å². The van der Waals surface area contributed by atoms with Gasteiger partial charge in [0.2, 0.25) is 0 Å². The molecule has 8 heteroatoms. The summed E-state index contributed by atoms with van der Waals surface area (Å²) < 4.78 is 5.34. The first-order valence-corrected chi connectivity index (χ1v) is 8.29. The smallest absolute Gasteiger partial charge is 0.269 e. The number of rotatable bonds is 5. The number of ether oxygens (including phenoxy) is 1. The number of benzene rings is 2. The molecule has 2 aromatic rings. The highest BCUT2D eigenvalue weighted by atomic mass is 35.5. The molecule has 2 amide bonds. The van der Waals surface area contributed by atoms with E-state index in [-0.39, 0.29) is 5.11 Å². The molecule has 2 aromatic carbocycles. The van der Waals surface area contributed by atoms with Crippen LogP contribution in [0.2, 0.25) is 5.02 Å². The van der Waals surface area contributed by atoms with Crippen molar-refractivity contribution in [3.05, 3.63) is 77.3 Å². The Morgan fingerprint density at radius 1 is 1.00 bits per heavy atom. The maximum atomic E-state index is 12.1. The Labute approximate surface area is 161 Å². The lowest BCUT2D eigenvalue weighted by Gasteiger charge is -2.11. The highest BCUT2D eigenvalue weighted by Crippen LogP contribution is 2.12. The summed E-state index contributed by atoms with van der Waals surface area (Å²) in [6, 6.07) is 12.9. The molecule has 0 saturated carbocycles. The monoisotopic (exact) mass is 389 g/mol. The van der Waals surface area contributed by atoms with Crippen LogP contribution in [0.15, 0.2) is 61.2 Å². The lowest BCUT2D eigenvalue weighted by molar-refractivity contribution is 0.0934. The first kappa shape index (κ1) is 19.4. The average Bonchev–Trinajstić information content (AvgIpc) is 2.65. The maximum absolute atomic E-state index is 12.1. The van der Waals surface area contributed by atoms with Crippen molar-refractivity contribution in [1.29, 1.82) is 0 Å². The Morgan fingerprint density at radius 2 is 1.58 bits per heavy atom. The van der Waals surface area contributed by atoms with Crippen LogP contribution in [0, 0.1) is 0 Å². The van der Waals surface area contributed by atoms with Gasteiger partial charge in [-0.25, -0.2) is 0 Å². The van der Waals surface area contributed by atoms with Gasteiger partial charge in [-0.15, -0.1) is 0 Å². The van der Waals surface area contributed by atoms with Crippen molar-refractivity contribution in [1.82, 2.24) is 16.2 Å². The summed E-state index contributed by atoms with van der Waals surface area (Å²) in [5, 5.41) is 2.93. The van der Waals surface area contributed by atoms with Crippen molar-refractivity contribution in [2.45, 2.75) is 0 Å². The molecule has 6 nitrogen and oxygen atoms in total. The number of amides is 2. The van der Waals surface area contributed by atoms with Crippen LogP contribution in [-0.4, -0.2) is 23.5 Å². The first-order chi connectivity index (χ1) is 12.5. The molecule has 2 rings (SSSR count). The molecule has 134 valence electrons. The van der Waals surface area contributed by atoms with Gasteiger partial charge in [-0.05, 0) is 60.7 Å². The molecule has 0 spiro atoms. The molecule has 0 atom stereocenters. The lowest BCUT2D eigenvalue weighted by atomic mass is 10.2. The quantitative estimate of drug-likeness (QED) is 0.416. The molecule has 0 unspecified atom stereocenters. The van der Waals surface area contributed by atoms with Gasteiger partial charge in [0, 0.05) is 16.1 Å². The van der Waals surface area contributed by atoms with Gasteiger partial charge in [-0.3, -0.25) is 25.8 Å². The number of halogens is 1. The normalized spacial score (nSPS) is 9.73. The second-order valence-corrected chi connectivity index (χ2v) is 5.84. The number of thiocarbonyl (C=S) groups is 1. The van der Waals surface area contributed by atoms with Crippen LogP contribution in [0.25, 0.3) is 0 Å². The summed E-state index contributed by atoms with van der Waals surface area (Å²) in [7, 11) is 0. The summed E-state index contributed by atoms with van der Waals surface area (Å²) >= 11 is 10.7. The van der Waals surface area contributed by atoms with Gasteiger partial charge < -0.3 is 4.74 Å². The molecular weight excluding hydrogens is 374 g/mol. The van der Waals surface area contributed by atoms with Crippen LogP contribution < -0.4 is 20.9 Å². The van der Waals surface area contributed by atoms with E-state index in [1.165, 1.54) is 0 Å². The summed E-state index contributed by atoms with van der Waals surface area (Å²) in [5.74, 6) is -0.208. The van der Waals surface area contributed by atoms with E-state index in [2.05, 4.69) is 22.7 Å². The minimum atomic E-state index is -0.419. The van der Waals surface area contributed by atoms with Gasteiger partial charge in [0.15, 0.2) is 5.11 Å². The molecule has 0 fully saturated rings. The lowest BCUT2D eigenvalue weighted by Crippen LogP contribution is -2.48. The first-order valence-electron chi connectivity index (χ1n) is 7.50. The second-order valence-electron chi connectivity index (χ2n) is 4.99. The van der Waals surface area contributed by atoms with E-state index in [9.17, 15) is 9.59 Å². The Hall–Kier alpha value is -2.90. The number of carbonyl (C=O) groups is 2. The predicted molar refractivity (Wildman–Crippen MR) is 104 cm³/mol. The molecule has 0 heterocycles. The van der Waals surface area contributed by atoms with Gasteiger partial charge >= 0.3 is 0 Å². The topological polar surface area (TPSA) is 79.5 Å². The highest BCUT2D eigenvalue weighted by molar-refractivity contribution is 7.80. The van der Waals surface area contributed by atoms with E-state index in [0.717, 1.165) is 0 Å². The molecule has 0 bridgehead atoms. The third-order valence-electron chi connectivity index (χ3n) is 3.11. The molecule has 0 aliphatic carbocycles. The SMILES string of the molecule is C=CCOc1ccc(C(=O)NNC(=S)NC(=O)c2ccc(Cl)cc2)cc1. The molecule has 0 aromatic heterocycles. The second kappa shape index (κ2) is 9.55. The maximum Gasteiger partial charge on any atom is 0.269 e. The summed E-state index contributed by atoms with van der Waals surface area (Å²) in [6.07, 6.45) is 1.63. The number of nitrogens with one attached hydrogen (secondary N) is 3. The molecule has 3 N–H and O–H groups in total. The summed E-state index contributed by atoms with van der Waals surface area (Å²) in [4.78, 5) is 24.0. The Balaban J connectivity index is 1.82.